The molecule has 0 aliphatic heterocycles. The van der Waals surface area contributed by atoms with Gasteiger partial charge < -0.3 is 5.32 Å². The van der Waals surface area contributed by atoms with Crippen LogP contribution >= 0.6 is 11.6 Å². The summed E-state index contributed by atoms with van der Waals surface area (Å²) < 4.78 is 52.4. The number of hydrogen-bond donors (Lipinski definition) is 1. The maximum absolute atomic E-state index is 13.3. The van der Waals surface area contributed by atoms with E-state index in [4.69, 9.17) is 11.6 Å². The number of nitrogens with one attached hydrogen (secondary N) is 1. The Morgan fingerprint density at radius 3 is 2.17 bits per heavy atom. The van der Waals surface area contributed by atoms with E-state index in [0.717, 1.165) is 6.20 Å². The van der Waals surface area contributed by atoms with Crippen molar-refractivity contribution in [2.24, 2.45) is 0 Å². The molecule has 0 fully saturated rings. The lowest BCUT2D eigenvalue weighted by atomic mass is 10.2. The number of aromatic nitrogens is 2. The largest absolute Gasteiger partial charge is 0.334 e. The Balaban J connectivity index is 2.46. The Bertz CT molecular complexity index is 580. The molecule has 0 saturated carbocycles. The van der Waals surface area contributed by atoms with Crippen LogP contribution in [0.2, 0.25) is 5.15 Å². The van der Waals surface area contributed by atoms with Crippen molar-refractivity contribution in [1.29, 1.82) is 0 Å². The summed E-state index contributed by atoms with van der Waals surface area (Å²) in [7, 11) is 0. The maximum Gasteiger partial charge on any atom is 0.185 e. The maximum atomic E-state index is 13.3. The van der Waals surface area contributed by atoms with Crippen molar-refractivity contribution < 1.29 is 17.6 Å². The molecular formula is C10H4ClF4N3. The van der Waals surface area contributed by atoms with Gasteiger partial charge in [0.25, 0.3) is 0 Å². The highest BCUT2D eigenvalue weighted by atomic mass is 35.5. The van der Waals surface area contributed by atoms with Crippen molar-refractivity contribution in [1.82, 2.24) is 9.97 Å². The van der Waals surface area contributed by atoms with Gasteiger partial charge in [0.2, 0.25) is 0 Å². The molecule has 0 saturated heterocycles. The highest BCUT2D eigenvalue weighted by molar-refractivity contribution is 6.29. The molecule has 0 atom stereocenters. The lowest BCUT2D eigenvalue weighted by Crippen LogP contribution is -2.04. The van der Waals surface area contributed by atoms with Crippen molar-refractivity contribution in [3.8, 4) is 0 Å². The summed E-state index contributed by atoms with van der Waals surface area (Å²) in [4.78, 5) is 7.22. The number of benzene rings is 1. The summed E-state index contributed by atoms with van der Waals surface area (Å²) in [5.41, 5.74) is -0.996. The summed E-state index contributed by atoms with van der Waals surface area (Å²) >= 11 is 5.50. The quantitative estimate of drug-likeness (QED) is 0.675. The van der Waals surface area contributed by atoms with E-state index >= 15 is 0 Å². The summed E-state index contributed by atoms with van der Waals surface area (Å²) in [6.45, 7) is 0. The van der Waals surface area contributed by atoms with Crippen LogP contribution in [0, 0.1) is 23.3 Å². The van der Waals surface area contributed by atoms with E-state index in [-0.39, 0.29) is 17.0 Å². The molecule has 2 rings (SSSR count). The average Bonchev–Trinajstić information content (AvgIpc) is 2.32. The lowest BCUT2D eigenvalue weighted by molar-refractivity contribution is 0.459. The SMILES string of the molecule is Fc1cc(F)c(F)c(Nc2cncc(Cl)n2)c1F. The normalized spacial score (nSPS) is 10.5. The molecule has 1 aromatic heterocycles. The second kappa shape index (κ2) is 4.77. The van der Waals surface area contributed by atoms with Gasteiger partial charge in [0.05, 0.1) is 12.4 Å². The van der Waals surface area contributed by atoms with Crippen LogP contribution in [0.5, 0.6) is 0 Å². The first kappa shape index (κ1) is 12.6. The van der Waals surface area contributed by atoms with Gasteiger partial charge in [0, 0.05) is 6.07 Å². The topological polar surface area (TPSA) is 37.8 Å². The molecule has 8 heteroatoms. The predicted molar refractivity (Wildman–Crippen MR) is 56.6 cm³/mol. The Morgan fingerprint density at radius 1 is 1.00 bits per heavy atom. The van der Waals surface area contributed by atoms with Gasteiger partial charge in [-0.1, -0.05) is 11.6 Å². The Labute approximate surface area is 103 Å². The molecule has 0 radical (unpaired) electrons. The molecule has 0 amide bonds. The fourth-order valence-corrected chi connectivity index (χ4v) is 1.36. The lowest BCUT2D eigenvalue weighted by Gasteiger charge is -2.08. The molecular weight excluding hydrogens is 274 g/mol. The molecule has 18 heavy (non-hydrogen) atoms. The molecule has 0 aliphatic rings. The summed E-state index contributed by atoms with van der Waals surface area (Å²) in [5.74, 6) is -6.31. The summed E-state index contributed by atoms with van der Waals surface area (Å²) in [6, 6.07) is 0.111. The van der Waals surface area contributed by atoms with Crippen LogP contribution in [0.4, 0.5) is 29.1 Å². The molecule has 1 heterocycles. The number of hydrogen-bond acceptors (Lipinski definition) is 3. The third-order valence-corrected chi connectivity index (χ3v) is 2.15. The number of nitrogens with zero attached hydrogens (tertiary/aromatic N) is 2. The monoisotopic (exact) mass is 277 g/mol. The van der Waals surface area contributed by atoms with Gasteiger partial charge in [-0.15, -0.1) is 0 Å². The molecule has 1 N–H and O–H groups in total. The zero-order valence-electron chi connectivity index (χ0n) is 8.52. The van der Waals surface area contributed by atoms with Crippen LogP contribution < -0.4 is 5.32 Å². The van der Waals surface area contributed by atoms with Gasteiger partial charge in [-0.05, 0) is 0 Å². The smallest absolute Gasteiger partial charge is 0.185 e. The van der Waals surface area contributed by atoms with E-state index in [9.17, 15) is 17.6 Å². The standard InChI is InChI=1S/C10H4ClF4N3/c11-6-2-16-3-7(17-6)18-10-8(14)4(12)1-5(13)9(10)15/h1-3H,(H,17,18). The zero-order valence-corrected chi connectivity index (χ0v) is 9.27. The van der Waals surface area contributed by atoms with E-state index in [1.807, 2.05) is 0 Å². The van der Waals surface area contributed by atoms with Crippen LogP contribution in [0.1, 0.15) is 0 Å². The van der Waals surface area contributed by atoms with Gasteiger partial charge in [-0.3, -0.25) is 4.98 Å². The van der Waals surface area contributed by atoms with Gasteiger partial charge in [0.15, 0.2) is 29.1 Å². The molecule has 1 aromatic carbocycles. The van der Waals surface area contributed by atoms with Crippen LogP contribution in [-0.2, 0) is 0 Å². The minimum absolute atomic E-state index is 0.0438. The van der Waals surface area contributed by atoms with Crippen molar-refractivity contribution in [3.63, 3.8) is 0 Å². The first-order valence-corrected chi connectivity index (χ1v) is 4.94. The van der Waals surface area contributed by atoms with Gasteiger partial charge in [-0.25, -0.2) is 22.5 Å². The molecule has 0 spiro atoms. The van der Waals surface area contributed by atoms with Gasteiger partial charge in [-0.2, -0.15) is 0 Å². The van der Waals surface area contributed by atoms with Gasteiger partial charge >= 0.3 is 0 Å². The minimum atomic E-state index is -1.56. The number of anilines is 2. The Kier molecular flexibility index (Phi) is 3.33. The third-order valence-electron chi connectivity index (χ3n) is 1.97. The van der Waals surface area contributed by atoms with E-state index < -0.39 is 29.0 Å². The van der Waals surface area contributed by atoms with Gasteiger partial charge in [0.1, 0.15) is 10.8 Å². The second-order valence-corrected chi connectivity index (χ2v) is 3.58. The van der Waals surface area contributed by atoms with Crippen molar-refractivity contribution in [2.75, 3.05) is 5.32 Å². The van der Waals surface area contributed by atoms with E-state index in [1.54, 1.807) is 0 Å². The zero-order chi connectivity index (χ0) is 13.3. The summed E-state index contributed by atoms with van der Waals surface area (Å²) in [5, 5.41) is 2.03. The minimum Gasteiger partial charge on any atom is -0.334 e. The highest BCUT2D eigenvalue weighted by Crippen LogP contribution is 2.26. The molecule has 0 unspecified atom stereocenters. The van der Waals surface area contributed by atoms with Crippen LogP contribution in [0.15, 0.2) is 18.5 Å². The second-order valence-electron chi connectivity index (χ2n) is 3.20. The molecule has 0 bridgehead atoms. The van der Waals surface area contributed by atoms with Crippen molar-refractivity contribution in [3.05, 3.63) is 46.9 Å². The highest BCUT2D eigenvalue weighted by Gasteiger charge is 2.19. The van der Waals surface area contributed by atoms with Crippen molar-refractivity contribution >= 4 is 23.1 Å². The Hall–Kier alpha value is -1.89. The van der Waals surface area contributed by atoms with Crippen LogP contribution in [0.3, 0.4) is 0 Å². The fraction of sp³-hybridized carbons (Fsp3) is 0. The number of rotatable bonds is 2. The van der Waals surface area contributed by atoms with Crippen LogP contribution in [-0.4, -0.2) is 9.97 Å². The number of halogens is 5. The molecule has 3 nitrogen and oxygen atoms in total. The van der Waals surface area contributed by atoms with Crippen LogP contribution in [0.25, 0.3) is 0 Å². The average molecular weight is 278 g/mol. The van der Waals surface area contributed by atoms with E-state index in [2.05, 4.69) is 15.3 Å². The van der Waals surface area contributed by atoms with E-state index in [0.29, 0.717) is 0 Å². The first-order chi connectivity index (χ1) is 8.49. The molecule has 2 aromatic rings. The van der Waals surface area contributed by atoms with Crippen molar-refractivity contribution in [2.45, 2.75) is 0 Å². The van der Waals surface area contributed by atoms with E-state index in [1.165, 1.54) is 6.20 Å². The Morgan fingerprint density at radius 2 is 1.61 bits per heavy atom. The molecule has 94 valence electrons. The summed E-state index contributed by atoms with van der Waals surface area (Å²) in [6.07, 6.45) is 2.28. The molecule has 0 aliphatic carbocycles. The fourth-order valence-electron chi connectivity index (χ4n) is 1.21. The first-order valence-electron chi connectivity index (χ1n) is 4.56. The predicted octanol–water partition coefficient (Wildman–Crippen LogP) is 3.43. The third kappa shape index (κ3) is 2.35.